The third kappa shape index (κ3) is 6.90. The van der Waals surface area contributed by atoms with E-state index in [-0.39, 0.29) is 12.1 Å². The molecule has 2 fully saturated rings. The zero-order valence-corrected chi connectivity index (χ0v) is 22.7. The van der Waals surface area contributed by atoms with Crippen LogP contribution in [0.15, 0.2) is 79.4 Å². The van der Waals surface area contributed by atoms with Crippen LogP contribution in [0.2, 0.25) is 0 Å². The number of urea groups is 1. The third-order valence-corrected chi connectivity index (χ3v) is 7.20. The average molecular weight is 549 g/mol. The number of benzene rings is 2. The number of amides is 2. The van der Waals surface area contributed by atoms with Gasteiger partial charge >= 0.3 is 6.03 Å². The number of piperidine rings is 1. The number of carbonyl (C=O) groups is 1. The van der Waals surface area contributed by atoms with Gasteiger partial charge in [-0.1, -0.05) is 48.2 Å². The van der Waals surface area contributed by atoms with Crippen molar-refractivity contribution in [3.8, 4) is 11.8 Å². The molecule has 10 heteroatoms. The predicted molar refractivity (Wildman–Crippen MR) is 156 cm³/mol. The molecule has 2 aromatic carbocycles. The Hall–Kier alpha value is -4.72. The van der Waals surface area contributed by atoms with Crippen LogP contribution in [0.1, 0.15) is 42.0 Å². The quantitative estimate of drug-likeness (QED) is 0.299. The van der Waals surface area contributed by atoms with Crippen molar-refractivity contribution in [2.24, 2.45) is 5.92 Å². The minimum atomic E-state index is -0.310. The number of nitrogens with one attached hydrogen (secondary N) is 3. The van der Waals surface area contributed by atoms with Gasteiger partial charge in [0.05, 0.1) is 30.1 Å². The first kappa shape index (κ1) is 26.5. The normalized spacial score (nSPS) is 17.1. The largest absolute Gasteiger partial charge is 0.346 e. The molecule has 0 spiro atoms. The van der Waals surface area contributed by atoms with Gasteiger partial charge in [0, 0.05) is 42.8 Å². The Morgan fingerprint density at radius 3 is 2.59 bits per heavy atom. The zero-order valence-electron chi connectivity index (χ0n) is 22.7. The van der Waals surface area contributed by atoms with Gasteiger partial charge in [-0.15, -0.1) is 0 Å². The summed E-state index contributed by atoms with van der Waals surface area (Å²) in [5.74, 6) is 7.36. The van der Waals surface area contributed by atoms with E-state index in [1.165, 1.54) is 17.9 Å². The van der Waals surface area contributed by atoms with Crippen molar-refractivity contribution in [1.82, 2.24) is 30.1 Å². The highest BCUT2D eigenvalue weighted by Crippen LogP contribution is 2.30. The van der Waals surface area contributed by atoms with Crippen molar-refractivity contribution in [3.05, 3.63) is 96.1 Å². The van der Waals surface area contributed by atoms with Crippen molar-refractivity contribution >= 4 is 23.4 Å². The van der Waals surface area contributed by atoms with Crippen LogP contribution in [0.4, 0.5) is 22.1 Å². The number of nitrogens with zero attached hydrogens (tertiary/aromatic N) is 5. The van der Waals surface area contributed by atoms with E-state index in [1.54, 1.807) is 18.6 Å². The highest BCUT2D eigenvalue weighted by atomic mass is 16.7. The van der Waals surface area contributed by atoms with Crippen molar-refractivity contribution in [2.45, 2.75) is 31.8 Å². The number of carbonyl (C=O) groups excluding carboxylic acids is 1. The summed E-state index contributed by atoms with van der Waals surface area (Å²) in [4.78, 5) is 27.4. The molecule has 1 atom stereocenters. The van der Waals surface area contributed by atoms with E-state index in [4.69, 9.17) is 4.84 Å². The molecule has 41 heavy (non-hydrogen) atoms. The standard InChI is InChI=1S/C31H32N8O2/c40-31(39-29(13-16-41-39)26-6-2-1-3-7-26)37-27-8-4-5-23(17-27)9-10-25-18-33-30(34-19-25)36-28-20-35-38(22-28)21-24-11-14-32-15-12-24/h1-8,17-20,22,24,29,32H,11-16,21H2,(H,37,40)(H,33,34,36)/t29-/m0/s1. The van der Waals surface area contributed by atoms with Crippen LogP contribution in [0.3, 0.4) is 0 Å². The summed E-state index contributed by atoms with van der Waals surface area (Å²) in [6, 6.07) is 16.9. The molecule has 2 saturated heterocycles. The summed E-state index contributed by atoms with van der Waals surface area (Å²) in [6.45, 7) is 3.57. The molecule has 0 radical (unpaired) electrons. The zero-order chi connectivity index (χ0) is 27.9. The van der Waals surface area contributed by atoms with Crippen LogP contribution in [-0.2, 0) is 11.4 Å². The number of aromatic nitrogens is 4. The van der Waals surface area contributed by atoms with Crippen LogP contribution < -0.4 is 16.0 Å². The molecule has 10 nitrogen and oxygen atoms in total. The van der Waals surface area contributed by atoms with Crippen LogP contribution >= 0.6 is 0 Å². The van der Waals surface area contributed by atoms with Crippen molar-refractivity contribution in [1.29, 1.82) is 0 Å². The molecule has 2 aliphatic rings. The lowest BCUT2D eigenvalue weighted by atomic mass is 9.98. The Morgan fingerprint density at radius 2 is 1.76 bits per heavy atom. The molecule has 0 unspecified atom stereocenters. The molecule has 4 heterocycles. The minimum Gasteiger partial charge on any atom is -0.321 e. The van der Waals surface area contributed by atoms with Gasteiger partial charge in [0.15, 0.2) is 0 Å². The Labute approximate surface area is 239 Å². The van der Waals surface area contributed by atoms with Crippen molar-refractivity contribution in [2.75, 3.05) is 30.3 Å². The SMILES string of the molecule is O=C(Nc1cccc(C#Cc2cnc(Nc3cnn(CC4CCNCC4)c3)nc2)c1)N1OCC[C@H]1c1ccccc1. The number of anilines is 3. The monoisotopic (exact) mass is 548 g/mol. The lowest BCUT2D eigenvalue weighted by Crippen LogP contribution is -2.33. The molecule has 2 aromatic heterocycles. The molecule has 2 aliphatic heterocycles. The number of rotatable bonds is 6. The number of hydrogen-bond acceptors (Lipinski definition) is 7. The van der Waals surface area contributed by atoms with Gasteiger partial charge in [0.2, 0.25) is 5.95 Å². The van der Waals surface area contributed by atoms with Crippen LogP contribution in [0, 0.1) is 17.8 Å². The topological polar surface area (TPSA) is 109 Å². The van der Waals surface area contributed by atoms with Gasteiger partial charge in [0.25, 0.3) is 0 Å². The van der Waals surface area contributed by atoms with Gasteiger partial charge in [-0.2, -0.15) is 10.2 Å². The fourth-order valence-corrected chi connectivity index (χ4v) is 5.09. The summed E-state index contributed by atoms with van der Waals surface area (Å²) in [7, 11) is 0. The van der Waals surface area contributed by atoms with Gasteiger partial charge in [-0.25, -0.2) is 14.8 Å². The molecule has 3 N–H and O–H groups in total. The highest BCUT2D eigenvalue weighted by molar-refractivity contribution is 5.89. The van der Waals surface area contributed by atoms with Crippen molar-refractivity contribution < 1.29 is 9.63 Å². The molecule has 4 aromatic rings. The predicted octanol–water partition coefficient (Wildman–Crippen LogP) is 4.73. The van der Waals surface area contributed by atoms with Gasteiger partial charge in [0.1, 0.15) is 0 Å². The molecule has 0 saturated carbocycles. The second-order valence-electron chi connectivity index (χ2n) is 10.2. The molecular weight excluding hydrogens is 516 g/mol. The average Bonchev–Trinajstić information content (AvgIpc) is 3.68. The Kier molecular flexibility index (Phi) is 8.17. The Morgan fingerprint density at radius 1 is 0.951 bits per heavy atom. The van der Waals surface area contributed by atoms with E-state index in [0.717, 1.165) is 42.9 Å². The Bertz CT molecular complexity index is 1520. The van der Waals surface area contributed by atoms with E-state index in [1.807, 2.05) is 65.5 Å². The van der Waals surface area contributed by atoms with E-state index in [0.29, 0.717) is 29.7 Å². The maximum Gasteiger partial charge on any atom is 0.346 e. The molecule has 0 aliphatic carbocycles. The Balaban J connectivity index is 1.04. The van der Waals surface area contributed by atoms with Crippen LogP contribution in [-0.4, -0.2) is 50.5 Å². The summed E-state index contributed by atoms with van der Waals surface area (Å²) in [5, 5.41) is 15.4. The number of hydrogen-bond donors (Lipinski definition) is 3. The maximum atomic E-state index is 13.0. The van der Waals surface area contributed by atoms with Gasteiger partial charge < -0.3 is 16.0 Å². The first-order valence-electron chi connectivity index (χ1n) is 13.9. The summed E-state index contributed by atoms with van der Waals surface area (Å²) in [5.41, 5.74) is 3.98. The molecule has 208 valence electrons. The minimum absolute atomic E-state index is 0.118. The first-order chi connectivity index (χ1) is 20.2. The van der Waals surface area contributed by atoms with E-state index < -0.39 is 0 Å². The second kappa shape index (κ2) is 12.6. The summed E-state index contributed by atoms with van der Waals surface area (Å²) < 4.78 is 1.98. The fourth-order valence-electron chi connectivity index (χ4n) is 5.09. The molecule has 0 bridgehead atoms. The molecule has 6 rings (SSSR count). The molecular formula is C31H32N8O2. The highest BCUT2D eigenvalue weighted by Gasteiger charge is 2.31. The van der Waals surface area contributed by atoms with Crippen LogP contribution in [0.25, 0.3) is 0 Å². The smallest absolute Gasteiger partial charge is 0.321 e. The van der Waals surface area contributed by atoms with E-state index >= 15 is 0 Å². The third-order valence-electron chi connectivity index (χ3n) is 7.20. The van der Waals surface area contributed by atoms with Crippen molar-refractivity contribution in [3.63, 3.8) is 0 Å². The van der Waals surface area contributed by atoms with Gasteiger partial charge in [-0.3, -0.25) is 9.52 Å². The lowest BCUT2D eigenvalue weighted by Gasteiger charge is -2.23. The number of hydroxylamine groups is 2. The summed E-state index contributed by atoms with van der Waals surface area (Å²) >= 11 is 0. The summed E-state index contributed by atoms with van der Waals surface area (Å²) in [6.07, 6.45) is 10.3. The lowest BCUT2D eigenvalue weighted by molar-refractivity contribution is -0.0829. The van der Waals surface area contributed by atoms with E-state index in [2.05, 4.69) is 42.9 Å². The first-order valence-corrected chi connectivity index (χ1v) is 13.9. The molecule has 2 amide bonds. The van der Waals surface area contributed by atoms with E-state index in [9.17, 15) is 4.79 Å². The van der Waals surface area contributed by atoms with Gasteiger partial charge in [-0.05, 0) is 55.6 Å². The fraction of sp³-hybridized carbons (Fsp3) is 0.290. The maximum absolute atomic E-state index is 13.0. The second-order valence-corrected chi connectivity index (χ2v) is 10.2. The van der Waals surface area contributed by atoms with Crippen LogP contribution in [0.5, 0.6) is 0 Å².